The lowest BCUT2D eigenvalue weighted by Crippen LogP contribution is -2.54. The molecule has 0 spiro atoms. The number of amides is 6. The second kappa shape index (κ2) is 20.4. The fourth-order valence-electron chi connectivity index (χ4n) is 9.96. The highest BCUT2D eigenvalue weighted by Gasteiger charge is 2.46. The summed E-state index contributed by atoms with van der Waals surface area (Å²) in [4.78, 5) is 86.8. The number of likely N-dealkylation sites (tertiary alicyclic amines) is 1. The summed E-state index contributed by atoms with van der Waals surface area (Å²) in [6.07, 6.45) is 3.00. The summed E-state index contributed by atoms with van der Waals surface area (Å²) in [5, 5.41) is 12.4. The molecular formula is C49H53F2N9O9. The molecule has 2 atom stereocenters. The van der Waals surface area contributed by atoms with Gasteiger partial charge in [0.15, 0.2) is 11.6 Å². The van der Waals surface area contributed by atoms with Gasteiger partial charge in [-0.2, -0.15) is 0 Å². The van der Waals surface area contributed by atoms with Gasteiger partial charge in [-0.15, -0.1) is 0 Å². The Morgan fingerprint density at radius 1 is 0.826 bits per heavy atom. The molecule has 362 valence electrons. The largest absolute Gasteiger partial charge is 0.382 e. The summed E-state index contributed by atoms with van der Waals surface area (Å²) in [7, 11) is 0. The van der Waals surface area contributed by atoms with E-state index in [-0.39, 0.29) is 86.9 Å². The predicted octanol–water partition coefficient (Wildman–Crippen LogP) is 5.14. The van der Waals surface area contributed by atoms with Crippen LogP contribution in [0.4, 0.5) is 20.2 Å². The van der Waals surface area contributed by atoms with Gasteiger partial charge >= 0.3 is 0 Å². The molecule has 0 radical (unpaired) electrons. The first-order valence-corrected chi connectivity index (χ1v) is 23.3. The van der Waals surface area contributed by atoms with Crippen LogP contribution in [0.5, 0.6) is 0 Å². The highest BCUT2D eigenvalue weighted by atomic mass is 19.2. The molecule has 69 heavy (non-hydrogen) atoms. The number of hydrogen-bond acceptors (Lipinski definition) is 13. The molecule has 18 nitrogen and oxygen atoms in total. The third-order valence-corrected chi connectivity index (χ3v) is 13.2. The second-order valence-corrected chi connectivity index (χ2v) is 17.7. The van der Waals surface area contributed by atoms with Crippen LogP contribution in [-0.2, 0) is 28.7 Å². The van der Waals surface area contributed by atoms with Gasteiger partial charge in [0.25, 0.3) is 11.8 Å². The van der Waals surface area contributed by atoms with Crippen LogP contribution in [-0.4, -0.2) is 125 Å². The number of ether oxygens (including phenoxy) is 2. The van der Waals surface area contributed by atoms with Crippen LogP contribution < -0.4 is 20.9 Å². The number of carbonyl (C=O) groups is 6. The first-order chi connectivity index (χ1) is 33.4. The summed E-state index contributed by atoms with van der Waals surface area (Å²) >= 11 is 0. The van der Waals surface area contributed by atoms with Crippen LogP contribution in [0.2, 0.25) is 0 Å². The van der Waals surface area contributed by atoms with Gasteiger partial charge in [-0.1, -0.05) is 17.3 Å². The van der Waals surface area contributed by atoms with E-state index in [9.17, 15) is 37.5 Å². The zero-order valence-electron chi connectivity index (χ0n) is 38.4. The van der Waals surface area contributed by atoms with E-state index in [4.69, 9.17) is 19.0 Å². The van der Waals surface area contributed by atoms with Crippen molar-refractivity contribution in [2.24, 2.45) is 0 Å². The van der Waals surface area contributed by atoms with Gasteiger partial charge in [-0.3, -0.25) is 43.9 Å². The van der Waals surface area contributed by atoms with Gasteiger partial charge in [-0.25, -0.2) is 13.8 Å². The van der Waals surface area contributed by atoms with Crippen molar-refractivity contribution in [1.82, 2.24) is 35.1 Å². The summed E-state index contributed by atoms with van der Waals surface area (Å²) in [6.45, 7) is 7.00. The molecule has 3 aromatic carbocycles. The Kier molecular flexibility index (Phi) is 13.9. The summed E-state index contributed by atoms with van der Waals surface area (Å²) in [5.41, 5.74) is 5.23. The first-order valence-electron chi connectivity index (χ1n) is 23.3. The molecule has 0 saturated carbocycles. The topological polar surface area (TPSA) is 211 Å². The number of benzene rings is 3. The molecular weight excluding hydrogens is 897 g/mol. The molecule has 6 heterocycles. The van der Waals surface area contributed by atoms with E-state index < -0.39 is 47.3 Å². The molecule has 0 aliphatic carbocycles. The van der Waals surface area contributed by atoms with Crippen molar-refractivity contribution in [2.75, 3.05) is 69.4 Å². The average molecular weight is 950 g/mol. The molecule has 9 rings (SSSR count). The molecule has 4 aliphatic heterocycles. The van der Waals surface area contributed by atoms with E-state index in [1.807, 2.05) is 32.0 Å². The van der Waals surface area contributed by atoms with Gasteiger partial charge < -0.3 is 34.1 Å². The van der Waals surface area contributed by atoms with Gasteiger partial charge in [0, 0.05) is 68.1 Å². The number of rotatable bonds is 17. The van der Waals surface area contributed by atoms with Crippen molar-refractivity contribution in [3.8, 4) is 11.1 Å². The minimum absolute atomic E-state index is 0.0174. The van der Waals surface area contributed by atoms with Crippen molar-refractivity contribution in [1.29, 1.82) is 0 Å². The Bertz CT molecular complexity index is 2800. The van der Waals surface area contributed by atoms with E-state index in [0.29, 0.717) is 69.1 Å². The highest BCUT2D eigenvalue weighted by molar-refractivity contribution is 6.25. The SMILES string of the molecule is Cc1noc(C)c1-c1ccc2c(c1)nc([C@@H]1CCCC(=O)N1c1ccc(F)c(F)c1)n2C1CCN(CC(=O)NCCOCCOCCNc2cccc3c2C(=O)N(C2CCC(=O)NC2=O)C3=O)CC1. The fourth-order valence-corrected chi connectivity index (χ4v) is 9.96. The van der Waals surface area contributed by atoms with Crippen LogP contribution in [0.15, 0.2) is 59.1 Å². The maximum Gasteiger partial charge on any atom is 0.264 e. The predicted molar refractivity (Wildman–Crippen MR) is 246 cm³/mol. The van der Waals surface area contributed by atoms with Gasteiger partial charge in [0.1, 0.15) is 17.6 Å². The Labute approximate surface area is 395 Å². The lowest BCUT2D eigenvalue weighted by molar-refractivity contribution is -0.136. The molecule has 5 aromatic rings. The number of fused-ring (bicyclic) bond motifs is 2. The van der Waals surface area contributed by atoms with Crippen LogP contribution in [0.1, 0.15) is 95.0 Å². The Morgan fingerprint density at radius 2 is 1.61 bits per heavy atom. The third-order valence-electron chi connectivity index (χ3n) is 13.2. The van der Waals surface area contributed by atoms with Gasteiger partial charge in [0.2, 0.25) is 23.6 Å². The highest BCUT2D eigenvalue weighted by Crippen LogP contribution is 2.41. The monoisotopic (exact) mass is 949 g/mol. The summed E-state index contributed by atoms with van der Waals surface area (Å²) in [5.74, 6) is -3.25. The number of aryl methyl sites for hydroxylation is 2. The molecule has 0 bridgehead atoms. The minimum atomic E-state index is -1.05. The van der Waals surface area contributed by atoms with Crippen molar-refractivity contribution >= 4 is 57.9 Å². The Hall–Kier alpha value is -6.90. The molecule has 1 unspecified atom stereocenters. The zero-order valence-corrected chi connectivity index (χ0v) is 38.4. The standard InChI is InChI=1S/C49H53F2N9O9/c1-28-44(29(2)69-56-28)30-9-12-38-37(25-30)54-46(39-7-4-8-43(63)58(39)32-10-11-34(50)35(51)26-32)59(38)31-15-19-57(20-16-31)27-42(62)53-18-22-68-24-23-67-21-17-52-36-6-3-5-33-45(36)49(66)60(48(33)65)40-13-14-41(61)55-47(40)64/h3,5-6,9-12,25-26,31,39-40,52H,4,7-8,13-24,27H2,1-2H3,(H,53,62)(H,55,61,64)/t39-,40?/m0/s1. The van der Waals surface area contributed by atoms with Crippen LogP contribution in [0, 0.1) is 25.5 Å². The smallest absolute Gasteiger partial charge is 0.264 e. The number of anilines is 2. The number of halogens is 2. The Balaban J connectivity index is 0.741. The van der Waals surface area contributed by atoms with E-state index in [1.165, 1.54) is 12.1 Å². The van der Waals surface area contributed by atoms with Crippen LogP contribution >= 0.6 is 0 Å². The lowest BCUT2D eigenvalue weighted by Gasteiger charge is -2.38. The Morgan fingerprint density at radius 3 is 2.35 bits per heavy atom. The average Bonchev–Trinajstić information content (AvgIpc) is 3.97. The number of aromatic nitrogens is 3. The molecule has 6 amide bonds. The zero-order chi connectivity index (χ0) is 48.3. The van der Waals surface area contributed by atoms with Crippen molar-refractivity contribution < 1.29 is 51.5 Å². The normalized spacial score (nSPS) is 19.2. The van der Waals surface area contributed by atoms with Crippen LogP contribution in [0.25, 0.3) is 22.2 Å². The number of nitrogens with one attached hydrogen (secondary N) is 3. The number of hydrogen-bond donors (Lipinski definition) is 3. The van der Waals surface area contributed by atoms with Crippen molar-refractivity contribution in [2.45, 2.75) is 76.9 Å². The van der Waals surface area contributed by atoms with Gasteiger partial charge in [-0.05, 0) is 87.9 Å². The molecule has 3 N–H and O–H groups in total. The van der Waals surface area contributed by atoms with Gasteiger partial charge in [0.05, 0.1) is 66.9 Å². The maximum absolute atomic E-state index is 14.6. The van der Waals surface area contributed by atoms with E-state index >= 15 is 0 Å². The fraction of sp³-hybridized carbons (Fsp3) is 0.429. The van der Waals surface area contributed by atoms with E-state index in [0.717, 1.165) is 44.9 Å². The third kappa shape index (κ3) is 9.73. The molecule has 3 fully saturated rings. The number of piperidine rings is 3. The molecule has 4 aliphatic rings. The number of nitrogens with zero attached hydrogens (tertiary/aromatic N) is 6. The molecule has 3 saturated heterocycles. The summed E-state index contributed by atoms with van der Waals surface area (Å²) < 4.78 is 47.6. The van der Waals surface area contributed by atoms with Crippen LogP contribution in [0.3, 0.4) is 0 Å². The van der Waals surface area contributed by atoms with E-state index in [2.05, 4.69) is 30.6 Å². The van der Waals surface area contributed by atoms with Crippen molar-refractivity contribution in [3.63, 3.8) is 0 Å². The second-order valence-electron chi connectivity index (χ2n) is 17.7. The summed E-state index contributed by atoms with van der Waals surface area (Å²) in [6, 6.07) is 12.9. The molecule has 20 heteroatoms. The van der Waals surface area contributed by atoms with E-state index in [1.54, 1.807) is 17.0 Å². The lowest BCUT2D eigenvalue weighted by atomic mass is 9.98. The first kappa shape index (κ1) is 47.2. The maximum atomic E-state index is 14.6. The quantitative estimate of drug-likeness (QED) is 0.0816. The molecule has 2 aromatic heterocycles. The number of carbonyl (C=O) groups excluding carboxylic acids is 6. The number of imidazole rings is 1. The van der Waals surface area contributed by atoms with Crippen molar-refractivity contribution in [3.05, 3.63) is 94.6 Å². The number of imide groups is 2. The minimum Gasteiger partial charge on any atom is -0.382 e.